The van der Waals surface area contributed by atoms with Crippen LogP contribution in [-0.4, -0.2) is 17.3 Å². The summed E-state index contributed by atoms with van der Waals surface area (Å²) >= 11 is 0. The molecule has 0 bridgehead atoms. The van der Waals surface area contributed by atoms with Crippen LogP contribution in [0, 0.1) is 0 Å². The Morgan fingerprint density at radius 2 is 2.14 bits per heavy atom. The minimum absolute atomic E-state index is 0.126. The summed E-state index contributed by atoms with van der Waals surface area (Å²) in [7, 11) is 0. The van der Waals surface area contributed by atoms with Crippen LogP contribution in [0.2, 0.25) is 0 Å². The van der Waals surface area contributed by atoms with Crippen molar-refractivity contribution in [3.8, 4) is 5.75 Å². The second-order valence-corrected chi connectivity index (χ2v) is 2.68. The predicted octanol–water partition coefficient (Wildman–Crippen LogP) is 1.75. The Morgan fingerprint density at radius 3 is 2.93 bits per heavy atom. The summed E-state index contributed by atoms with van der Waals surface area (Å²) < 4.78 is 5.15. The van der Waals surface area contributed by atoms with Gasteiger partial charge in [-0.2, -0.15) is 0 Å². The number of carboxylic acid groups (broad SMARTS) is 1. The summed E-state index contributed by atoms with van der Waals surface area (Å²) in [4.78, 5) is 14.7. The fraction of sp³-hybridized carbons (Fsp3) is 0. The Hall–Kier alpha value is -2.10. The van der Waals surface area contributed by atoms with Gasteiger partial charge in [-0.3, -0.25) is 4.99 Å². The van der Waals surface area contributed by atoms with Crippen LogP contribution in [0.4, 0.5) is 5.69 Å². The highest BCUT2D eigenvalue weighted by Crippen LogP contribution is 2.29. The molecular formula is C10H7NO3. The SMILES string of the molecule is O=C(O)C1=CC=Nc2ccccc2O1. The van der Waals surface area contributed by atoms with Crippen molar-refractivity contribution in [2.45, 2.75) is 0 Å². The first-order valence-electron chi connectivity index (χ1n) is 4.02. The van der Waals surface area contributed by atoms with Gasteiger partial charge in [-0.1, -0.05) is 12.1 Å². The molecule has 0 fully saturated rings. The Bertz CT molecular complexity index is 435. The number of rotatable bonds is 1. The van der Waals surface area contributed by atoms with Gasteiger partial charge in [0.25, 0.3) is 0 Å². The molecule has 0 aromatic heterocycles. The minimum atomic E-state index is -1.10. The van der Waals surface area contributed by atoms with Crippen LogP contribution in [-0.2, 0) is 4.79 Å². The lowest BCUT2D eigenvalue weighted by Crippen LogP contribution is -2.07. The zero-order valence-corrected chi connectivity index (χ0v) is 7.18. The maximum absolute atomic E-state index is 10.7. The molecule has 1 aliphatic rings. The molecule has 0 spiro atoms. The van der Waals surface area contributed by atoms with E-state index in [0.29, 0.717) is 11.4 Å². The molecule has 0 saturated carbocycles. The third kappa shape index (κ3) is 1.50. The number of carbonyl (C=O) groups is 1. The number of hydrogen-bond acceptors (Lipinski definition) is 3. The lowest BCUT2D eigenvalue weighted by molar-refractivity contribution is -0.135. The maximum atomic E-state index is 10.7. The van der Waals surface area contributed by atoms with Gasteiger partial charge >= 0.3 is 5.97 Å². The number of aliphatic carboxylic acids is 1. The molecule has 1 aromatic rings. The van der Waals surface area contributed by atoms with Crippen molar-refractivity contribution in [2.24, 2.45) is 4.99 Å². The molecule has 14 heavy (non-hydrogen) atoms. The van der Waals surface area contributed by atoms with Crippen LogP contribution in [0.1, 0.15) is 0 Å². The highest BCUT2D eigenvalue weighted by Gasteiger charge is 2.13. The van der Waals surface area contributed by atoms with E-state index in [1.54, 1.807) is 18.2 Å². The van der Waals surface area contributed by atoms with E-state index in [9.17, 15) is 4.79 Å². The quantitative estimate of drug-likeness (QED) is 0.732. The van der Waals surface area contributed by atoms with E-state index in [0.717, 1.165) is 0 Å². The summed E-state index contributed by atoms with van der Waals surface area (Å²) in [5, 5.41) is 8.73. The standard InChI is InChI=1S/C10H7NO3/c12-10(13)9-5-6-11-7-3-1-2-4-8(7)14-9/h1-6H,(H,12,13). The molecule has 0 radical (unpaired) electrons. The predicted molar refractivity (Wildman–Crippen MR) is 50.9 cm³/mol. The molecule has 0 saturated heterocycles. The van der Waals surface area contributed by atoms with Gasteiger partial charge in [0.15, 0.2) is 5.75 Å². The average Bonchev–Trinajstić information content (AvgIpc) is 2.39. The molecular weight excluding hydrogens is 182 g/mol. The van der Waals surface area contributed by atoms with Crippen molar-refractivity contribution >= 4 is 17.9 Å². The number of nitrogens with zero attached hydrogens (tertiary/aromatic N) is 1. The lowest BCUT2D eigenvalue weighted by atomic mass is 10.3. The van der Waals surface area contributed by atoms with E-state index < -0.39 is 5.97 Å². The summed E-state index contributed by atoms with van der Waals surface area (Å²) in [6.07, 6.45) is 2.73. The van der Waals surface area contributed by atoms with Crippen LogP contribution in [0.3, 0.4) is 0 Å². The molecule has 4 nitrogen and oxygen atoms in total. The topological polar surface area (TPSA) is 58.9 Å². The van der Waals surface area contributed by atoms with Gasteiger partial charge in [0.1, 0.15) is 5.69 Å². The maximum Gasteiger partial charge on any atom is 0.371 e. The number of benzene rings is 1. The molecule has 1 aromatic carbocycles. The van der Waals surface area contributed by atoms with E-state index in [-0.39, 0.29) is 5.76 Å². The monoisotopic (exact) mass is 189 g/mol. The number of fused-ring (bicyclic) bond motifs is 1. The van der Waals surface area contributed by atoms with E-state index in [2.05, 4.69) is 4.99 Å². The first-order valence-corrected chi connectivity index (χ1v) is 4.02. The summed E-state index contributed by atoms with van der Waals surface area (Å²) in [5.41, 5.74) is 0.625. The van der Waals surface area contributed by atoms with Crippen molar-refractivity contribution in [2.75, 3.05) is 0 Å². The Morgan fingerprint density at radius 1 is 1.36 bits per heavy atom. The molecule has 1 heterocycles. The zero-order chi connectivity index (χ0) is 9.97. The number of carboxylic acids is 1. The average molecular weight is 189 g/mol. The van der Waals surface area contributed by atoms with Crippen LogP contribution in [0.25, 0.3) is 0 Å². The van der Waals surface area contributed by atoms with E-state index in [4.69, 9.17) is 9.84 Å². The minimum Gasteiger partial charge on any atom is -0.475 e. The fourth-order valence-electron chi connectivity index (χ4n) is 1.10. The highest BCUT2D eigenvalue weighted by atomic mass is 16.5. The molecule has 0 aliphatic carbocycles. The zero-order valence-electron chi connectivity index (χ0n) is 7.18. The van der Waals surface area contributed by atoms with Crippen molar-refractivity contribution in [3.63, 3.8) is 0 Å². The normalized spacial score (nSPS) is 13.6. The Balaban J connectivity index is 2.42. The molecule has 2 rings (SSSR count). The third-order valence-corrected chi connectivity index (χ3v) is 1.74. The van der Waals surface area contributed by atoms with Crippen LogP contribution >= 0.6 is 0 Å². The Labute approximate surface area is 80.2 Å². The van der Waals surface area contributed by atoms with Gasteiger partial charge in [-0.15, -0.1) is 0 Å². The second kappa shape index (κ2) is 3.33. The molecule has 70 valence electrons. The first kappa shape index (κ1) is 8.50. The smallest absolute Gasteiger partial charge is 0.371 e. The third-order valence-electron chi connectivity index (χ3n) is 1.74. The number of para-hydroxylation sites is 2. The molecule has 0 amide bonds. The van der Waals surface area contributed by atoms with Gasteiger partial charge in [0.2, 0.25) is 5.76 Å². The number of ether oxygens (including phenoxy) is 1. The van der Waals surface area contributed by atoms with Crippen molar-refractivity contribution in [1.29, 1.82) is 0 Å². The highest BCUT2D eigenvalue weighted by molar-refractivity contribution is 5.92. The summed E-state index contributed by atoms with van der Waals surface area (Å²) in [5.74, 6) is -0.776. The van der Waals surface area contributed by atoms with Gasteiger partial charge in [-0.25, -0.2) is 4.79 Å². The van der Waals surface area contributed by atoms with Crippen molar-refractivity contribution < 1.29 is 14.6 Å². The lowest BCUT2D eigenvalue weighted by Gasteiger charge is -2.05. The molecule has 1 aliphatic heterocycles. The fourth-order valence-corrected chi connectivity index (χ4v) is 1.10. The second-order valence-electron chi connectivity index (χ2n) is 2.68. The van der Waals surface area contributed by atoms with Gasteiger partial charge < -0.3 is 9.84 Å². The summed E-state index contributed by atoms with van der Waals surface area (Å²) in [6.45, 7) is 0. The van der Waals surface area contributed by atoms with Gasteiger partial charge in [0.05, 0.1) is 0 Å². The van der Waals surface area contributed by atoms with E-state index in [1.165, 1.54) is 12.3 Å². The number of allylic oxidation sites excluding steroid dienone is 1. The van der Waals surface area contributed by atoms with Gasteiger partial charge in [0, 0.05) is 12.3 Å². The molecule has 0 atom stereocenters. The first-order chi connectivity index (χ1) is 6.77. The molecule has 4 heteroatoms. The van der Waals surface area contributed by atoms with E-state index in [1.807, 2.05) is 6.07 Å². The van der Waals surface area contributed by atoms with Crippen LogP contribution in [0.5, 0.6) is 5.75 Å². The number of hydrogen-bond donors (Lipinski definition) is 1. The Kier molecular flexibility index (Phi) is 2.02. The largest absolute Gasteiger partial charge is 0.475 e. The van der Waals surface area contributed by atoms with E-state index >= 15 is 0 Å². The van der Waals surface area contributed by atoms with Crippen molar-refractivity contribution in [1.82, 2.24) is 0 Å². The van der Waals surface area contributed by atoms with Gasteiger partial charge in [-0.05, 0) is 12.1 Å². The van der Waals surface area contributed by atoms with Crippen LogP contribution in [0.15, 0.2) is 41.1 Å². The van der Waals surface area contributed by atoms with Crippen LogP contribution < -0.4 is 4.74 Å². The molecule has 1 N–H and O–H groups in total. The molecule has 0 unspecified atom stereocenters. The summed E-state index contributed by atoms with van der Waals surface area (Å²) in [6, 6.07) is 7.00. The van der Waals surface area contributed by atoms with Crippen molar-refractivity contribution in [3.05, 3.63) is 36.1 Å². The number of aliphatic imine (C=N–C) groups is 1.